The number of rotatable bonds is 6. The molecule has 5 aliphatic heterocycles. The lowest BCUT2D eigenvalue weighted by Gasteiger charge is -2.48. The summed E-state index contributed by atoms with van der Waals surface area (Å²) in [6, 6.07) is 7.99. The van der Waals surface area contributed by atoms with Crippen LogP contribution in [0.2, 0.25) is 0 Å². The summed E-state index contributed by atoms with van der Waals surface area (Å²) in [7, 11) is 2.22. The van der Waals surface area contributed by atoms with Crippen LogP contribution in [0.15, 0.2) is 45.9 Å². The predicted octanol–water partition coefficient (Wildman–Crippen LogP) is 2.76. The number of aliphatic imine (C=N–C) groups is 2. The Bertz CT molecular complexity index is 1260. The maximum absolute atomic E-state index is 6.50. The second-order valence-corrected chi connectivity index (χ2v) is 12.4. The van der Waals surface area contributed by atoms with Gasteiger partial charge in [0.1, 0.15) is 24.0 Å². The van der Waals surface area contributed by atoms with Crippen LogP contribution in [0.3, 0.4) is 0 Å². The zero-order valence-electron chi connectivity index (χ0n) is 25.5. The summed E-state index contributed by atoms with van der Waals surface area (Å²) >= 11 is 0. The molecule has 6 rings (SSSR count). The second-order valence-electron chi connectivity index (χ2n) is 12.4. The van der Waals surface area contributed by atoms with E-state index in [0.717, 1.165) is 67.5 Å². The minimum absolute atomic E-state index is 0.0337. The molecule has 0 amide bonds. The summed E-state index contributed by atoms with van der Waals surface area (Å²) in [4.78, 5) is 17.2. The van der Waals surface area contributed by atoms with E-state index in [2.05, 4.69) is 64.1 Å². The van der Waals surface area contributed by atoms with Crippen molar-refractivity contribution in [3.63, 3.8) is 0 Å². The van der Waals surface area contributed by atoms with Gasteiger partial charge in [0.2, 0.25) is 0 Å². The number of likely N-dealkylation sites (N-methyl/N-ethyl adjacent to an activating group) is 1. The first-order valence-corrected chi connectivity index (χ1v) is 15.8. The number of nitrogens with zero attached hydrogens (tertiary/aromatic N) is 5. The number of anilines is 1. The van der Waals surface area contributed by atoms with Crippen molar-refractivity contribution in [1.82, 2.24) is 15.1 Å². The topological polar surface area (TPSA) is 117 Å². The van der Waals surface area contributed by atoms with Gasteiger partial charge in [-0.1, -0.05) is 19.9 Å². The molecule has 0 bridgehead atoms. The number of ether oxygens (including phenoxy) is 2. The third kappa shape index (κ3) is 6.02. The van der Waals surface area contributed by atoms with Crippen molar-refractivity contribution in [3.8, 4) is 5.75 Å². The number of amidine groups is 1. The van der Waals surface area contributed by atoms with E-state index >= 15 is 0 Å². The number of nitrogens with one attached hydrogen (secondary N) is 1. The fraction of sp³-hybridized carbons (Fsp3) is 0.625. The van der Waals surface area contributed by atoms with Gasteiger partial charge in [-0.3, -0.25) is 4.90 Å². The van der Waals surface area contributed by atoms with Gasteiger partial charge in [-0.2, -0.15) is 0 Å². The quantitative estimate of drug-likeness (QED) is 0.474. The number of benzene rings is 1. The molecule has 0 radical (unpaired) electrons. The zero-order valence-corrected chi connectivity index (χ0v) is 25.5. The number of piperazine rings is 1. The molecule has 3 saturated heterocycles. The number of fused-ring (bicyclic) bond motifs is 3. The summed E-state index contributed by atoms with van der Waals surface area (Å²) in [6.07, 6.45) is 6.84. The van der Waals surface area contributed by atoms with Gasteiger partial charge in [0.05, 0.1) is 23.1 Å². The van der Waals surface area contributed by atoms with Crippen molar-refractivity contribution in [2.24, 2.45) is 27.4 Å². The van der Waals surface area contributed by atoms with Crippen LogP contribution in [0.5, 0.6) is 5.75 Å². The van der Waals surface area contributed by atoms with Crippen molar-refractivity contribution in [2.75, 3.05) is 64.5 Å². The van der Waals surface area contributed by atoms with E-state index in [4.69, 9.17) is 25.9 Å². The molecule has 3 atom stereocenters. The van der Waals surface area contributed by atoms with Crippen molar-refractivity contribution in [1.29, 1.82) is 0 Å². The van der Waals surface area contributed by atoms with Crippen molar-refractivity contribution >= 4 is 22.8 Å². The molecular formula is C32H48N8O2. The van der Waals surface area contributed by atoms with Gasteiger partial charge in [-0.05, 0) is 62.4 Å². The second kappa shape index (κ2) is 12.7. The molecule has 0 saturated carbocycles. The molecule has 1 aromatic rings. The van der Waals surface area contributed by atoms with Crippen molar-refractivity contribution in [2.45, 2.75) is 64.1 Å². The first-order valence-electron chi connectivity index (χ1n) is 15.8. The molecule has 1 aromatic carbocycles. The number of hydrogen-bond donors (Lipinski definition) is 3. The first-order chi connectivity index (χ1) is 20.4. The van der Waals surface area contributed by atoms with Crippen LogP contribution in [0, 0.1) is 5.92 Å². The Balaban J connectivity index is 1.17. The highest BCUT2D eigenvalue weighted by molar-refractivity contribution is 6.44. The highest BCUT2D eigenvalue weighted by Gasteiger charge is 2.37. The fourth-order valence-electron chi connectivity index (χ4n) is 7.04. The van der Waals surface area contributed by atoms with Gasteiger partial charge >= 0.3 is 0 Å². The number of nitrogens with two attached hydrogens (primary N) is 2. The van der Waals surface area contributed by atoms with Crippen LogP contribution in [0.1, 0.15) is 51.5 Å². The predicted molar refractivity (Wildman–Crippen MR) is 170 cm³/mol. The minimum atomic E-state index is -0.0337. The molecule has 10 nitrogen and oxygen atoms in total. The normalized spacial score (nSPS) is 29.2. The van der Waals surface area contributed by atoms with E-state index in [9.17, 15) is 0 Å². The summed E-state index contributed by atoms with van der Waals surface area (Å²) in [5.41, 5.74) is 17.8. The molecular weight excluding hydrogens is 528 g/mol. The highest BCUT2D eigenvalue weighted by atomic mass is 16.5. The van der Waals surface area contributed by atoms with Crippen LogP contribution in [0.25, 0.3) is 5.57 Å². The van der Waals surface area contributed by atoms with Crippen LogP contribution >= 0.6 is 0 Å². The minimum Gasteiger partial charge on any atom is -0.489 e. The van der Waals surface area contributed by atoms with Crippen molar-refractivity contribution < 1.29 is 9.47 Å². The first kappa shape index (κ1) is 29.0. The Morgan fingerprint density at radius 2 is 1.88 bits per heavy atom. The van der Waals surface area contributed by atoms with Gasteiger partial charge in [0.25, 0.3) is 0 Å². The number of hydrogen-bond acceptors (Lipinski definition) is 10. The third-order valence-electron chi connectivity index (χ3n) is 9.74. The average Bonchev–Trinajstić information content (AvgIpc) is 3.01. The van der Waals surface area contributed by atoms with E-state index < -0.39 is 0 Å². The van der Waals surface area contributed by atoms with E-state index in [1.165, 1.54) is 44.7 Å². The smallest absolute Gasteiger partial charge is 0.145 e. The van der Waals surface area contributed by atoms with Crippen molar-refractivity contribution in [3.05, 3.63) is 41.5 Å². The summed E-state index contributed by atoms with van der Waals surface area (Å²) in [6.45, 7) is 12.2. The Morgan fingerprint density at radius 1 is 1.10 bits per heavy atom. The van der Waals surface area contributed by atoms with Crippen LogP contribution in [-0.4, -0.2) is 99.1 Å². The molecule has 3 unspecified atom stereocenters. The Labute approximate surface area is 250 Å². The molecule has 5 aliphatic rings. The summed E-state index contributed by atoms with van der Waals surface area (Å²) < 4.78 is 11.9. The van der Waals surface area contributed by atoms with Crippen LogP contribution in [0.4, 0.5) is 5.69 Å². The molecule has 10 heteroatoms. The van der Waals surface area contributed by atoms with E-state index in [-0.39, 0.29) is 5.92 Å². The summed E-state index contributed by atoms with van der Waals surface area (Å²) in [5.74, 6) is 1.97. The lowest BCUT2D eigenvalue weighted by Crippen LogP contribution is -2.57. The monoisotopic (exact) mass is 576 g/mol. The van der Waals surface area contributed by atoms with E-state index in [1.54, 1.807) is 0 Å². The van der Waals surface area contributed by atoms with Gasteiger partial charge in [0, 0.05) is 70.1 Å². The van der Waals surface area contributed by atoms with Gasteiger partial charge < -0.3 is 36.1 Å². The molecule has 5 heterocycles. The largest absolute Gasteiger partial charge is 0.489 e. The van der Waals surface area contributed by atoms with Gasteiger partial charge in [-0.15, -0.1) is 0 Å². The number of piperidine rings is 1. The third-order valence-corrected chi connectivity index (χ3v) is 9.74. The molecule has 0 aliphatic carbocycles. The molecule has 3 fully saturated rings. The van der Waals surface area contributed by atoms with E-state index in [1.807, 2.05) is 6.20 Å². The molecule has 0 aromatic heterocycles. The van der Waals surface area contributed by atoms with Crippen LogP contribution in [-0.2, 0) is 4.74 Å². The fourth-order valence-corrected chi connectivity index (χ4v) is 7.04. The molecule has 42 heavy (non-hydrogen) atoms. The maximum Gasteiger partial charge on any atom is 0.145 e. The Hall–Kier alpha value is -3.08. The number of allylic oxidation sites excluding steroid dienone is 2. The molecule has 5 N–H and O–H groups in total. The van der Waals surface area contributed by atoms with E-state index in [0.29, 0.717) is 36.2 Å². The average molecular weight is 577 g/mol. The summed E-state index contributed by atoms with van der Waals surface area (Å²) in [5, 5.41) is 3.46. The lowest BCUT2D eigenvalue weighted by atomic mass is 9.87. The SMILES string of the molecule is CCC(/N=C1/C(N)=NC=C(c2ccc3c(c2)OCC2CC(N4CCN(C)CC4)CCN32)C1C)=C(/N)NC1CCOCC1. The molecule has 228 valence electrons. The Morgan fingerprint density at radius 3 is 2.64 bits per heavy atom. The van der Waals surface area contributed by atoms with Gasteiger partial charge in [-0.25, -0.2) is 9.98 Å². The Kier molecular flexibility index (Phi) is 8.74. The zero-order chi connectivity index (χ0) is 29.2. The van der Waals surface area contributed by atoms with Crippen LogP contribution < -0.4 is 26.4 Å². The molecule has 0 spiro atoms. The standard InChI is InChI=1S/C32H48N8O2/c1-4-27(31(33)36-23-8-15-41-16-9-23)37-30-21(2)26(19-35-32(30)34)22-5-6-28-29(17-22)42-20-25-18-24(7-10-40(25)28)39-13-11-38(3)12-14-39/h5-6,17,19,21,23-25,36H,4,7-16,18,20,33H2,1-3H3,(H2,34,35)/b31-27+,37-30+. The lowest BCUT2D eigenvalue weighted by molar-refractivity contribution is 0.0802. The van der Waals surface area contributed by atoms with Gasteiger partial charge in [0.15, 0.2) is 0 Å². The highest BCUT2D eigenvalue weighted by Crippen LogP contribution is 2.41. The maximum atomic E-state index is 6.50.